The zero-order chi connectivity index (χ0) is 22.1. The molecule has 0 saturated carbocycles. The minimum absolute atomic E-state index is 0.191. The van der Waals surface area contributed by atoms with Crippen LogP contribution in [-0.4, -0.2) is 31.9 Å². The fraction of sp³-hybridized carbons (Fsp3) is 0.0833. The number of halogens is 1. The van der Waals surface area contributed by atoms with E-state index in [2.05, 4.69) is 21.8 Å². The van der Waals surface area contributed by atoms with E-state index in [1.165, 1.54) is 0 Å². The zero-order valence-electron chi connectivity index (χ0n) is 17.2. The second kappa shape index (κ2) is 8.28. The first-order valence-corrected chi connectivity index (χ1v) is 10.2. The van der Waals surface area contributed by atoms with Crippen LogP contribution in [0.25, 0.3) is 33.9 Å². The highest BCUT2D eigenvalue weighted by molar-refractivity contribution is 6.31. The zero-order valence-corrected chi connectivity index (χ0v) is 18.0. The van der Waals surface area contributed by atoms with Crippen molar-refractivity contribution < 1.29 is 9.47 Å². The van der Waals surface area contributed by atoms with Crippen LogP contribution in [0.3, 0.4) is 0 Å². The number of nitrogens with zero attached hydrogens (tertiary/aromatic N) is 5. The van der Waals surface area contributed by atoms with Crippen molar-refractivity contribution in [3.05, 3.63) is 83.8 Å². The summed E-state index contributed by atoms with van der Waals surface area (Å²) in [5.41, 5.74) is 3.95. The summed E-state index contributed by atoms with van der Waals surface area (Å²) >= 11 is 6.25. The average molecular weight is 444 g/mol. The van der Waals surface area contributed by atoms with Gasteiger partial charge in [0.05, 0.1) is 18.3 Å². The number of pyridine rings is 1. The van der Waals surface area contributed by atoms with E-state index in [-0.39, 0.29) is 6.61 Å². The molecule has 32 heavy (non-hydrogen) atoms. The molecule has 0 N–H and O–H groups in total. The molecule has 2 aromatic carbocycles. The van der Waals surface area contributed by atoms with Crippen LogP contribution >= 0.6 is 11.6 Å². The highest BCUT2D eigenvalue weighted by atomic mass is 35.5. The molecule has 0 aliphatic carbocycles. The van der Waals surface area contributed by atoms with Crippen molar-refractivity contribution in [3.63, 3.8) is 0 Å². The number of ether oxygens (including phenoxy) is 2. The largest absolute Gasteiger partial charge is 0.497 e. The number of aromatic nitrogens is 5. The van der Waals surface area contributed by atoms with Gasteiger partial charge < -0.3 is 9.47 Å². The number of hydrogen-bond donors (Lipinski definition) is 0. The topological polar surface area (TPSA) is 74.4 Å². The molecule has 0 unspecified atom stereocenters. The molecule has 7 nitrogen and oxygen atoms in total. The molecular formula is C24H18ClN5O2. The summed E-state index contributed by atoms with van der Waals surface area (Å²) < 4.78 is 13.0. The lowest BCUT2D eigenvalue weighted by molar-refractivity contribution is 0.296. The van der Waals surface area contributed by atoms with Crippen molar-refractivity contribution in [2.45, 2.75) is 6.61 Å². The van der Waals surface area contributed by atoms with Gasteiger partial charge in [0.2, 0.25) is 0 Å². The fourth-order valence-corrected chi connectivity index (χ4v) is 3.70. The summed E-state index contributed by atoms with van der Waals surface area (Å²) in [7, 11) is 1.63. The van der Waals surface area contributed by atoms with Gasteiger partial charge in [-0.05, 0) is 54.1 Å². The molecule has 0 saturated heterocycles. The Hall–Kier alpha value is -3.97. The second-order valence-electron chi connectivity index (χ2n) is 7.06. The van der Waals surface area contributed by atoms with Crippen LogP contribution in [0.1, 0.15) is 11.4 Å². The lowest BCUT2D eigenvalue weighted by Gasteiger charge is -2.09. The molecule has 0 amide bonds. The maximum absolute atomic E-state index is 6.25. The third-order valence-corrected chi connectivity index (χ3v) is 5.26. The van der Waals surface area contributed by atoms with E-state index < -0.39 is 0 Å². The first kappa shape index (κ1) is 20.0. The minimum Gasteiger partial charge on any atom is -0.497 e. The number of benzene rings is 2. The monoisotopic (exact) mass is 443 g/mol. The first-order valence-electron chi connectivity index (χ1n) is 9.85. The van der Waals surface area contributed by atoms with Crippen molar-refractivity contribution in [2.75, 3.05) is 7.11 Å². The molecule has 8 heteroatoms. The Labute approximate surface area is 188 Å². The molecular weight excluding hydrogens is 426 g/mol. The maximum Gasteiger partial charge on any atom is 0.192 e. The standard InChI is InChI=1S/C24H18ClN5O2/c1-3-15-10-16(12-17(25)11-15)20-6-7-23-27-28-24(30(23)29-20)14-32-22-8-9-26-21-13-18(31-2)4-5-19(21)22/h3-13H,1,14H2,2H3. The molecule has 0 atom stereocenters. The number of fused-ring (bicyclic) bond motifs is 2. The van der Waals surface area contributed by atoms with Gasteiger partial charge in [-0.25, -0.2) is 0 Å². The summed E-state index contributed by atoms with van der Waals surface area (Å²) in [5, 5.41) is 14.7. The highest BCUT2D eigenvalue weighted by Gasteiger charge is 2.12. The Morgan fingerprint density at radius 3 is 2.81 bits per heavy atom. The van der Waals surface area contributed by atoms with E-state index in [9.17, 15) is 0 Å². The van der Waals surface area contributed by atoms with E-state index in [0.29, 0.717) is 22.2 Å². The third-order valence-electron chi connectivity index (χ3n) is 5.05. The Morgan fingerprint density at radius 2 is 1.97 bits per heavy atom. The smallest absolute Gasteiger partial charge is 0.192 e. The normalized spacial score (nSPS) is 11.1. The average Bonchev–Trinajstić information content (AvgIpc) is 3.24. The quantitative estimate of drug-likeness (QED) is 0.358. The predicted octanol–water partition coefficient (Wildman–Crippen LogP) is 5.22. The van der Waals surface area contributed by atoms with Crippen LogP contribution in [0.4, 0.5) is 0 Å². The molecule has 3 heterocycles. The number of hydrogen-bond acceptors (Lipinski definition) is 6. The molecule has 0 spiro atoms. The van der Waals surface area contributed by atoms with Crippen molar-refractivity contribution >= 4 is 34.2 Å². The van der Waals surface area contributed by atoms with E-state index in [0.717, 1.165) is 33.5 Å². The van der Waals surface area contributed by atoms with E-state index in [1.807, 2.05) is 54.6 Å². The van der Waals surface area contributed by atoms with Gasteiger partial charge in [0.15, 0.2) is 11.5 Å². The van der Waals surface area contributed by atoms with Crippen LogP contribution in [-0.2, 0) is 6.61 Å². The van der Waals surface area contributed by atoms with Gasteiger partial charge >= 0.3 is 0 Å². The van der Waals surface area contributed by atoms with Gasteiger partial charge in [-0.15, -0.1) is 10.2 Å². The lowest BCUT2D eigenvalue weighted by atomic mass is 10.1. The van der Waals surface area contributed by atoms with Crippen LogP contribution in [0.5, 0.6) is 11.5 Å². The molecule has 0 aliphatic rings. The summed E-state index contributed by atoms with van der Waals surface area (Å²) in [4.78, 5) is 4.39. The SMILES string of the molecule is C=Cc1cc(Cl)cc(-c2ccc3nnc(COc4ccnc5cc(OC)ccc45)n3n2)c1. The molecule has 158 valence electrons. The molecule has 0 aliphatic heterocycles. The van der Waals surface area contributed by atoms with Gasteiger partial charge in [-0.3, -0.25) is 4.98 Å². The summed E-state index contributed by atoms with van der Waals surface area (Å²) in [6.45, 7) is 4.01. The molecule has 0 fully saturated rings. The summed E-state index contributed by atoms with van der Waals surface area (Å²) in [6.07, 6.45) is 3.45. The van der Waals surface area contributed by atoms with Gasteiger partial charge in [0, 0.05) is 28.2 Å². The van der Waals surface area contributed by atoms with Gasteiger partial charge in [0.1, 0.15) is 18.1 Å². The fourth-order valence-electron chi connectivity index (χ4n) is 3.45. The van der Waals surface area contributed by atoms with Crippen LogP contribution in [0, 0.1) is 0 Å². The molecule has 0 radical (unpaired) electrons. The molecule has 5 rings (SSSR count). The van der Waals surface area contributed by atoms with Gasteiger partial charge in [0.25, 0.3) is 0 Å². The number of methoxy groups -OCH3 is 1. The lowest BCUT2D eigenvalue weighted by Crippen LogP contribution is -2.05. The second-order valence-corrected chi connectivity index (χ2v) is 7.50. The minimum atomic E-state index is 0.191. The van der Waals surface area contributed by atoms with Crippen molar-refractivity contribution in [2.24, 2.45) is 0 Å². The Bertz CT molecular complexity index is 1460. The van der Waals surface area contributed by atoms with Crippen molar-refractivity contribution in [1.29, 1.82) is 0 Å². The van der Waals surface area contributed by atoms with Crippen LogP contribution in [0.15, 0.2) is 67.4 Å². The molecule has 0 bridgehead atoms. The Kier molecular flexibility index (Phi) is 5.17. The maximum atomic E-state index is 6.25. The Morgan fingerprint density at radius 1 is 1.06 bits per heavy atom. The first-order chi connectivity index (χ1) is 15.6. The van der Waals surface area contributed by atoms with E-state index in [4.69, 9.17) is 26.2 Å². The predicted molar refractivity (Wildman–Crippen MR) is 124 cm³/mol. The Balaban J connectivity index is 1.47. The summed E-state index contributed by atoms with van der Waals surface area (Å²) in [5.74, 6) is 2.00. The van der Waals surface area contributed by atoms with Crippen LogP contribution in [0.2, 0.25) is 5.02 Å². The van der Waals surface area contributed by atoms with Gasteiger partial charge in [-0.2, -0.15) is 9.61 Å². The number of rotatable bonds is 6. The van der Waals surface area contributed by atoms with E-state index >= 15 is 0 Å². The molecule has 3 aromatic heterocycles. The van der Waals surface area contributed by atoms with Crippen molar-refractivity contribution in [1.82, 2.24) is 24.8 Å². The molecule has 5 aromatic rings. The van der Waals surface area contributed by atoms with Gasteiger partial charge in [-0.1, -0.05) is 24.3 Å². The van der Waals surface area contributed by atoms with E-state index in [1.54, 1.807) is 23.9 Å². The van der Waals surface area contributed by atoms with Crippen LogP contribution < -0.4 is 9.47 Å². The van der Waals surface area contributed by atoms with Crippen molar-refractivity contribution in [3.8, 4) is 22.8 Å². The highest BCUT2D eigenvalue weighted by Crippen LogP contribution is 2.28. The third kappa shape index (κ3) is 3.74. The summed E-state index contributed by atoms with van der Waals surface area (Å²) in [6, 6.07) is 16.9.